The lowest BCUT2D eigenvalue weighted by Crippen LogP contribution is -2.30. The molecule has 0 aliphatic heterocycles. The molecule has 1 atom stereocenters. The van der Waals surface area contributed by atoms with Gasteiger partial charge < -0.3 is 9.30 Å². The largest absolute Gasteiger partial charge is 0.468 e. The van der Waals surface area contributed by atoms with E-state index in [0.29, 0.717) is 11.7 Å². The van der Waals surface area contributed by atoms with E-state index < -0.39 is 6.04 Å². The number of carbonyl (C=O) groups is 1. The highest BCUT2D eigenvalue weighted by molar-refractivity contribution is 6.29. The van der Waals surface area contributed by atoms with Crippen LogP contribution in [0.1, 0.15) is 17.4 Å². The molecule has 0 radical (unpaired) electrons. The SMILES string of the molecule is COC(=O)C(NCc1ncc(Cl)n1C)c1ccccc1. The van der Waals surface area contributed by atoms with E-state index in [9.17, 15) is 4.79 Å². The summed E-state index contributed by atoms with van der Waals surface area (Å²) in [5.41, 5.74) is 0.847. The van der Waals surface area contributed by atoms with Crippen molar-refractivity contribution in [3.63, 3.8) is 0 Å². The van der Waals surface area contributed by atoms with Crippen LogP contribution in [0.2, 0.25) is 5.15 Å². The molecule has 1 aromatic heterocycles. The van der Waals surface area contributed by atoms with E-state index in [2.05, 4.69) is 10.3 Å². The lowest BCUT2D eigenvalue weighted by Gasteiger charge is -2.16. The van der Waals surface area contributed by atoms with Crippen molar-refractivity contribution in [3.8, 4) is 0 Å². The quantitative estimate of drug-likeness (QED) is 0.858. The number of carbonyl (C=O) groups excluding carboxylic acids is 1. The van der Waals surface area contributed by atoms with Crippen LogP contribution in [-0.4, -0.2) is 22.6 Å². The van der Waals surface area contributed by atoms with Gasteiger partial charge in [-0.2, -0.15) is 0 Å². The van der Waals surface area contributed by atoms with Crippen LogP contribution in [0.5, 0.6) is 0 Å². The second-order valence-electron chi connectivity index (χ2n) is 4.30. The van der Waals surface area contributed by atoms with Crippen molar-refractivity contribution >= 4 is 17.6 Å². The van der Waals surface area contributed by atoms with Crippen LogP contribution in [0.3, 0.4) is 0 Å². The Morgan fingerprint density at radius 1 is 1.45 bits per heavy atom. The van der Waals surface area contributed by atoms with Crippen LogP contribution in [0.15, 0.2) is 36.5 Å². The number of hydrogen-bond acceptors (Lipinski definition) is 4. The van der Waals surface area contributed by atoms with Crippen molar-refractivity contribution in [1.82, 2.24) is 14.9 Å². The second kappa shape index (κ2) is 6.54. The number of imidazole rings is 1. The molecule has 0 bridgehead atoms. The van der Waals surface area contributed by atoms with Crippen LogP contribution in [0, 0.1) is 0 Å². The van der Waals surface area contributed by atoms with Gasteiger partial charge in [0.1, 0.15) is 17.0 Å². The Hall–Kier alpha value is -1.85. The normalized spacial score (nSPS) is 12.2. The Morgan fingerprint density at radius 3 is 2.70 bits per heavy atom. The fraction of sp³-hybridized carbons (Fsp3) is 0.286. The summed E-state index contributed by atoms with van der Waals surface area (Å²) in [6, 6.07) is 8.88. The number of hydrogen-bond donors (Lipinski definition) is 1. The fourth-order valence-electron chi connectivity index (χ4n) is 1.88. The molecular formula is C14H16ClN3O2. The van der Waals surface area contributed by atoms with Gasteiger partial charge in [0.15, 0.2) is 0 Å². The van der Waals surface area contributed by atoms with Gasteiger partial charge in [-0.15, -0.1) is 0 Å². The third-order valence-corrected chi connectivity index (χ3v) is 3.41. The maximum absolute atomic E-state index is 11.9. The highest BCUT2D eigenvalue weighted by atomic mass is 35.5. The van der Waals surface area contributed by atoms with Gasteiger partial charge in [-0.05, 0) is 5.56 Å². The molecular weight excluding hydrogens is 278 g/mol. The molecule has 0 fully saturated rings. The van der Waals surface area contributed by atoms with E-state index >= 15 is 0 Å². The zero-order chi connectivity index (χ0) is 14.5. The maximum atomic E-state index is 11.9. The van der Waals surface area contributed by atoms with Crippen LogP contribution in [0.25, 0.3) is 0 Å². The predicted octanol–water partition coefficient (Wildman–Crippen LogP) is 2.08. The van der Waals surface area contributed by atoms with Gasteiger partial charge in [0, 0.05) is 7.05 Å². The monoisotopic (exact) mass is 293 g/mol. The lowest BCUT2D eigenvalue weighted by molar-refractivity contribution is -0.143. The van der Waals surface area contributed by atoms with Gasteiger partial charge in [-0.3, -0.25) is 5.32 Å². The van der Waals surface area contributed by atoms with Crippen molar-refractivity contribution in [1.29, 1.82) is 0 Å². The summed E-state index contributed by atoms with van der Waals surface area (Å²) in [5, 5.41) is 3.69. The highest BCUT2D eigenvalue weighted by Gasteiger charge is 2.21. The van der Waals surface area contributed by atoms with Crippen molar-refractivity contribution in [2.45, 2.75) is 12.6 Å². The van der Waals surface area contributed by atoms with Gasteiger partial charge >= 0.3 is 5.97 Å². The van der Waals surface area contributed by atoms with Gasteiger partial charge in [-0.1, -0.05) is 41.9 Å². The van der Waals surface area contributed by atoms with E-state index in [1.54, 1.807) is 10.8 Å². The first-order valence-electron chi connectivity index (χ1n) is 6.15. The third-order valence-electron chi connectivity index (χ3n) is 3.06. The van der Waals surface area contributed by atoms with Gasteiger partial charge in [0.25, 0.3) is 0 Å². The fourth-order valence-corrected chi connectivity index (χ4v) is 2.03. The van der Waals surface area contributed by atoms with E-state index in [0.717, 1.165) is 11.4 Å². The molecule has 20 heavy (non-hydrogen) atoms. The minimum atomic E-state index is -0.531. The van der Waals surface area contributed by atoms with E-state index in [-0.39, 0.29) is 5.97 Å². The number of methoxy groups -OCH3 is 1. The van der Waals surface area contributed by atoms with Crippen LogP contribution >= 0.6 is 11.6 Å². The number of nitrogens with zero attached hydrogens (tertiary/aromatic N) is 2. The van der Waals surface area contributed by atoms with Crippen molar-refractivity contribution < 1.29 is 9.53 Å². The van der Waals surface area contributed by atoms with Gasteiger partial charge in [-0.25, -0.2) is 9.78 Å². The summed E-state index contributed by atoms with van der Waals surface area (Å²) in [4.78, 5) is 16.1. The smallest absolute Gasteiger partial charge is 0.327 e. The first-order chi connectivity index (χ1) is 9.63. The Balaban J connectivity index is 2.13. The Bertz CT molecular complexity index is 583. The minimum absolute atomic E-state index is 0.337. The molecule has 106 valence electrons. The standard InChI is InChI=1S/C14H16ClN3O2/c1-18-11(15)8-16-12(18)9-17-13(14(19)20-2)10-6-4-3-5-7-10/h3-8,13,17H,9H2,1-2H3. The molecule has 0 aliphatic rings. The Morgan fingerprint density at radius 2 is 2.15 bits per heavy atom. The molecule has 0 saturated heterocycles. The zero-order valence-corrected chi connectivity index (χ0v) is 12.1. The van der Waals surface area contributed by atoms with Gasteiger partial charge in [0.2, 0.25) is 0 Å². The van der Waals surface area contributed by atoms with E-state index in [1.165, 1.54) is 7.11 Å². The summed E-state index contributed by atoms with van der Waals surface area (Å²) < 4.78 is 6.59. The minimum Gasteiger partial charge on any atom is -0.468 e. The maximum Gasteiger partial charge on any atom is 0.327 e. The number of halogens is 1. The molecule has 6 heteroatoms. The molecule has 0 aliphatic carbocycles. The summed E-state index contributed by atoms with van der Waals surface area (Å²) in [5.74, 6) is 0.413. The van der Waals surface area contributed by atoms with Gasteiger partial charge in [0.05, 0.1) is 19.9 Å². The number of aromatic nitrogens is 2. The highest BCUT2D eigenvalue weighted by Crippen LogP contribution is 2.16. The molecule has 1 aromatic carbocycles. The van der Waals surface area contributed by atoms with Crippen LogP contribution < -0.4 is 5.32 Å². The average molecular weight is 294 g/mol. The molecule has 1 N–H and O–H groups in total. The summed E-state index contributed by atoms with van der Waals surface area (Å²) in [6.45, 7) is 0.415. The number of ether oxygens (including phenoxy) is 1. The number of rotatable bonds is 5. The number of esters is 1. The predicted molar refractivity (Wildman–Crippen MR) is 76.3 cm³/mol. The van der Waals surface area contributed by atoms with Crippen LogP contribution in [-0.2, 0) is 23.1 Å². The molecule has 0 spiro atoms. The molecule has 0 amide bonds. The lowest BCUT2D eigenvalue weighted by atomic mass is 10.1. The number of nitrogens with one attached hydrogen (secondary N) is 1. The van der Waals surface area contributed by atoms with E-state index in [4.69, 9.17) is 16.3 Å². The van der Waals surface area contributed by atoms with Crippen molar-refractivity contribution in [2.75, 3.05) is 7.11 Å². The molecule has 2 rings (SSSR count). The molecule has 2 aromatic rings. The Kier molecular flexibility index (Phi) is 4.76. The molecule has 0 saturated carbocycles. The first-order valence-corrected chi connectivity index (χ1v) is 6.53. The van der Waals surface area contributed by atoms with Crippen LogP contribution in [0.4, 0.5) is 0 Å². The van der Waals surface area contributed by atoms with E-state index in [1.807, 2.05) is 37.4 Å². The first kappa shape index (κ1) is 14.6. The Labute approximate surface area is 122 Å². The van der Waals surface area contributed by atoms with Crippen molar-refractivity contribution in [2.24, 2.45) is 7.05 Å². The summed E-state index contributed by atoms with van der Waals surface area (Å²) >= 11 is 5.93. The van der Waals surface area contributed by atoms with Crippen molar-refractivity contribution in [3.05, 3.63) is 53.1 Å². The topological polar surface area (TPSA) is 56.1 Å². The second-order valence-corrected chi connectivity index (χ2v) is 4.69. The molecule has 1 unspecified atom stereocenters. The summed E-state index contributed by atoms with van der Waals surface area (Å²) in [6.07, 6.45) is 1.58. The average Bonchev–Trinajstić information content (AvgIpc) is 2.80. The summed E-state index contributed by atoms with van der Waals surface area (Å²) in [7, 11) is 3.19. The zero-order valence-electron chi connectivity index (χ0n) is 11.3. The molecule has 1 heterocycles. The number of benzene rings is 1. The molecule has 5 nitrogen and oxygen atoms in total. The third kappa shape index (κ3) is 3.18.